The molecule has 0 amide bonds. The average Bonchev–Trinajstić information content (AvgIpc) is 2.67. The van der Waals surface area contributed by atoms with Gasteiger partial charge in [0.25, 0.3) is 0 Å². The zero-order valence-corrected chi connectivity index (χ0v) is 10.5. The lowest BCUT2D eigenvalue weighted by Crippen LogP contribution is -2.41. The van der Waals surface area contributed by atoms with Gasteiger partial charge in [-0.1, -0.05) is 0 Å². The van der Waals surface area contributed by atoms with E-state index in [4.69, 9.17) is 9.47 Å². The summed E-state index contributed by atoms with van der Waals surface area (Å²) in [4.78, 5) is 2.36. The van der Waals surface area contributed by atoms with Crippen LogP contribution in [0.4, 0.5) is 4.39 Å². The van der Waals surface area contributed by atoms with Crippen molar-refractivity contribution < 1.29 is 13.9 Å². The van der Waals surface area contributed by atoms with E-state index < -0.39 is 0 Å². The fraction of sp³-hybridized carbons (Fsp3) is 1.00. The fourth-order valence-corrected chi connectivity index (χ4v) is 2.43. The molecule has 0 bridgehead atoms. The van der Waals surface area contributed by atoms with Crippen molar-refractivity contribution in [3.8, 4) is 0 Å². The van der Waals surface area contributed by atoms with Gasteiger partial charge in [-0.2, -0.15) is 0 Å². The van der Waals surface area contributed by atoms with E-state index in [9.17, 15) is 4.39 Å². The van der Waals surface area contributed by atoms with Crippen molar-refractivity contribution in [2.75, 3.05) is 40.1 Å². The Labute approximate surface area is 97.9 Å². The van der Waals surface area contributed by atoms with Gasteiger partial charge in [0, 0.05) is 32.3 Å². The summed E-state index contributed by atoms with van der Waals surface area (Å²) in [5, 5.41) is 0. The van der Waals surface area contributed by atoms with Crippen LogP contribution in [0.3, 0.4) is 0 Å². The van der Waals surface area contributed by atoms with Crippen LogP contribution >= 0.6 is 0 Å². The van der Waals surface area contributed by atoms with E-state index in [0.717, 1.165) is 39.2 Å². The number of ether oxygens (including phenoxy) is 2. The molecule has 16 heavy (non-hydrogen) atoms. The quantitative estimate of drug-likeness (QED) is 0.639. The Morgan fingerprint density at radius 3 is 2.50 bits per heavy atom. The van der Waals surface area contributed by atoms with E-state index in [1.165, 1.54) is 0 Å². The van der Waals surface area contributed by atoms with Gasteiger partial charge in [0.2, 0.25) is 0 Å². The molecule has 1 aliphatic heterocycles. The molecule has 2 unspecified atom stereocenters. The van der Waals surface area contributed by atoms with Crippen molar-refractivity contribution in [2.24, 2.45) is 0 Å². The molecule has 0 aliphatic carbocycles. The van der Waals surface area contributed by atoms with Gasteiger partial charge >= 0.3 is 0 Å². The van der Waals surface area contributed by atoms with E-state index in [-0.39, 0.29) is 6.67 Å². The topological polar surface area (TPSA) is 21.7 Å². The molecule has 1 heterocycles. The second-order valence-corrected chi connectivity index (χ2v) is 4.28. The van der Waals surface area contributed by atoms with Crippen LogP contribution in [0.15, 0.2) is 0 Å². The summed E-state index contributed by atoms with van der Waals surface area (Å²) in [5.74, 6) is 0. The van der Waals surface area contributed by atoms with Crippen molar-refractivity contribution in [2.45, 2.75) is 38.3 Å². The fourth-order valence-electron chi connectivity index (χ4n) is 2.43. The first-order valence-electron chi connectivity index (χ1n) is 6.21. The highest BCUT2D eigenvalue weighted by Gasteiger charge is 2.32. The Morgan fingerprint density at radius 2 is 1.94 bits per heavy atom. The Hall–Kier alpha value is -0.190. The van der Waals surface area contributed by atoms with E-state index in [2.05, 4.69) is 4.90 Å². The molecule has 0 N–H and O–H groups in total. The molecule has 4 heteroatoms. The summed E-state index contributed by atoms with van der Waals surface area (Å²) in [6.45, 7) is 4.85. The minimum atomic E-state index is -0.239. The number of hydrogen-bond donors (Lipinski definition) is 0. The predicted molar refractivity (Wildman–Crippen MR) is 62.5 cm³/mol. The van der Waals surface area contributed by atoms with Crippen molar-refractivity contribution in [1.82, 2.24) is 4.90 Å². The zero-order valence-electron chi connectivity index (χ0n) is 10.5. The first-order valence-corrected chi connectivity index (χ1v) is 6.21. The van der Waals surface area contributed by atoms with E-state index in [1.54, 1.807) is 7.11 Å². The number of hydrogen-bond acceptors (Lipinski definition) is 3. The normalized spacial score (nSPS) is 26.4. The molecule has 0 aromatic rings. The maximum Gasteiger partial charge on any atom is 0.0906 e. The van der Waals surface area contributed by atoms with Crippen LogP contribution < -0.4 is 0 Å². The molecule has 1 fully saturated rings. The summed E-state index contributed by atoms with van der Waals surface area (Å²) < 4.78 is 22.9. The van der Waals surface area contributed by atoms with Gasteiger partial charge in [-0.3, -0.25) is 9.29 Å². The molecule has 0 spiro atoms. The van der Waals surface area contributed by atoms with Crippen LogP contribution in [0.5, 0.6) is 0 Å². The Morgan fingerprint density at radius 1 is 1.25 bits per heavy atom. The molecule has 1 aliphatic rings. The maximum atomic E-state index is 12.2. The van der Waals surface area contributed by atoms with E-state index >= 15 is 0 Å². The highest BCUT2D eigenvalue weighted by molar-refractivity contribution is 4.87. The maximum absolute atomic E-state index is 12.2. The Kier molecular flexibility index (Phi) is 6.92. The summed E-state index contributed by atoms with van der Waals surface area (Å²) >= 11 is 0. The smallest absolute Gasteiger partial charge is 0.0906 e. The van der Waals surface area contributed by atoms with Crippen LogP contribution in [-0.2, 0) is 9.47 Å². The van der Waals surface area contributed by atoms with Gasteiger partial charge in [-0.25, -0.2) is 0 Å². The third kappa shape index (κ3) is 4.00. The third-order valence-corrected chi connectivity index (χ3v) is 3.19. The average molecular weight is 233 g/mol. The van der Waals surface area contributed by atoms with Crippen molar-refractivity contribution in [1.29, 1.82) is 0 Å². The second-order valence-electron chi connectivity index (χ2n) is 4.28. The Bertz CT molecular complexity index is 180. The van der Waals surface area contributed by atoms with Gasteiger partial charge in [0.15, 0.2) is 0 Å². The largest absolute Gasteiger partial charge is 0.383 e. The van der Waals surface area contributed by atoms with Gasteiger partial charge < -0.3 is 9.47 Å². The molecule has 0 radical (unpaired) electrons. The van der Waals surface area contributed by atoms with Crippen molar-refractivity contribution >= 4 is 0 Å². The van der Waals surface area contributed by atoms with Crippen LogP contribution in [0.1, 0.15) is 26.2 Å². The number of rotatable bonds is 8. The molecule has 1 saturated heterocycles. The van der Waals surface area contributed by atoms with Crippen LogP contribution in [-0.4, -0.2) is 57.1 Å². The van der Waals surface area contributed by atoms with Crippen LogP contribution in [0.25, 0.3) is 0 Å². The number of likely N-dealkylation sites (tertiary alicyclic amines) is 1. The lowest BCUT2D eigenvalue weighted by molar-refractivity contribution is 0.0479. The molecule has 0 aromatic heterocycles. The van der Waals surface area contributed by atoms with Crippen molar-refractivity contribution in [3.05, 3.63) is 0 Å². The van der Waals surface area contributed by atoms with Gasteiger partial charge in [0.05, 0.1) is 19.9 Å². The number of halogens is 1. The number of methoxy groups -OCH3 is 1. The van der Waals surface area contributed by atoms with Crippen molar-refractivity contribution in [3.63, 3.8) is 0 Å². The van der Waals surface area contributed by atoms with Gasteiger partial charge in [-0.05, 0) is 26.2 Å². The lowest BCUT2D eigenvalue weighted by atomic mass is 10.2. The molecular formula is C12H24FNO2. The minimum Gasteiger partial charge on any atom is -0.383 e. The van der Waals surface area contributed by atoms with Gasteiger partial charge in [-0.15, -0.1) is 0 Å². The SMILES string of the molecule is CCOCC1CCC(COC)N1CCCF. The van der Waals surface area contributed by atoms with Crippen LogP contribution in [0, 0.1) is 0 Å². The second kappa shape index (κ2) is 7.98. The van der Waals surface area contributed by atoms with E-state index in [0.29, 0.717) is 18.5 Å². The summed E-state index contributed by atoms with van der Waals surface area (Å²) in [6, 6.07) is 0.897. The lowest BCUT2D eigenvalue weighted by Gasteiger charge is -2.29. The molecule has 1 rings (SSSR count). The standard InChI is InChI=1S/C12H24FNO2/c1-3-16-10-12-6-5-11(9-15-2)14(12)8-4-7-13/h11-12H,3-10H2,1-2H3. The molecule has 3 nitrogen and oxygen atoms in total. The molecule has 0 aromatic carbocycles. The molecule has 96 valence electrons. The summed E-state index contributed by atoms with van der Waals surface area (Å²) in [7, 11) is 1.73. The molecule has 0 saturated carbocycles. The predicted octanol–water partition coefficient (Wildman–Crippen LogP) is 1.86. The first-order chi connectivity index (χ1) is 7.83. The summed E-state index contributed by atoms with van der Waals surface area (Å²) in [5.41, 5.74) is 0. The highest BCUT2D eigenvalue weighted by Crippen LogP contribution is 2.24. The zero-order chi connectivity index (χ0) is 11.8. The molecular weight excluding hydrogens is 209 g/mol. The third-order valence-electron chi connectivity index (χ3n) is 3.19. The first kappa shape index (κ1) is 13.9. The summed E-state index contributed by atoms with van der Waals surface area (Å²) in [6.07, 6.45) is 2.89. The number of nitrogens with zero attached hydrogens (tertiary/aromatic N) is 1. The minimum absolute atomic E-state index is 0.239. The Balaban J connectivity index is 2.42. The highest BCUT2D eigenvalue weighted by atomic mass is 19.1. The van der Waals surface area contributed by atoms with Gasteiger partial charge in [0.1, 0.15) is 0 Å². The van der Waals surface area contributed by atoms with Crippen LogP contribution in [0.2, 0.25) is 0 Å². The number of alkyl halides is 1. The van der Waals surface area contributed by atoms with E-state index in [1.807, 2.05) is 6.92 Å². The monoisotopic (exact) mass is 233 g/mol. The molecule has 2 atom stereocenters.